The Balaban J connectivity index is 1.88. The monoisotopic (exact) mass is 427 g/mol. The predicted molar refractivity (Wildman–Crippen MR) is 102 cm³/mol. The number of benzene rings is 2. The number of nitro groups is 1. The molecular formula is C18H10BrN3O5. The van der Waals surface area contributed by atoms with Gasteiger partial charge >= 0.3 is 5.63 Å². The summed E-state index contributed by atoms with van der Waals surface area (Å²) < 4.78 is 7.26. The maximum atomic E-state index is 12.8. The molecule has 0 amide bonds. The van der Waals surface area contributed by atoms with Crippen LogP contribution in [0.2, 0.25) is 0 Å². The first-order valence-electron chi connectivity index (χ1n) is 7.78. The summed E-state index contributed by atoms with van der Waals surface area (Å²) in [4.78, 5) is 39.2. The molecule has 0 unspecified atom stereocenters. The minimum atomic E-state index is -0.565. The molecule has 9 heteroatoms. The Labute approximate surface area is 159 Å². The van der Waals surface area contributed by atoms with Gasteiger partial charge in [-0.25, -0.2) is 9.78 Å². The highest BCUT2D eigenvalue weighted by molar-refractivity contribution is 9.10. The van der Waals surface area contributed by atoms with Gasteiger partial charge in [-0.1, -0.05) is 15.9 Å². The average molecular weight is 428 g/mol. The zero-order valence-electron chi connectivity index (χ0n) is 13.6. The molecular weight excluding hydrogens is 418 g/mol. The second-order valence-corrected chi connectivity index (χ2v) is 6.78. The summed E-state index contributed by atoms with van der Waals surface area (Å²) in [5.74, 6) is 0. The molecule has 0 saturated heterocycles. The summed E-state index contributed by atoms with van der Waals surface area (Å²) in [7, 11) is 0. The Kier molecular flexibility index (Phi) is 4.08. The van der Waals surface area contributed by atoms with Gasteiger partial charge in [-0.3, -0.25) is 19.5 Å². The first-order valence-corrected chi connectivity index (χ1v) is 8.57. The minimum absolute atomic E-state index is 0.0776. The second kappa shape index (κ2) is 6.44. The molecule has 0 saturated carbocycles. The van der Waals surface area contributed by atoms with Gasteiger partial charge in [-0.15, -0.1) is 0 Å². The predicted octanol–water partition coefficient (Wildman–Crippen LogP) is 3.22. The molecule has 4 aromatic rings. The topological polar surface area (TPSA) is 108 Å². The molecule has 2 heterocycles. The fourth-order valence-corrected chi connectivity index (χ4v) is 3.23. The van der Waals surface area contributed by atoms with Gasteiger partial charge in [0.25, 0.3) is 11.2 Å². The lowest BCUT2D eigenvalue weighted by Crippen LogP contribution is -2.22. The lowest BCUT2D eigenvalue weighted by molar-refractivity contribution is -0.384. The van der Waals surface area contributed by atoms with E-state index < -0.39 is 16.1 Å². The molecule has 0 radical (unpaired) electrons. The number of fused-ring (bicyclic) bond motifs is 2. The van der Waals surface area contributed by atoms with Gasteiger partial charge < -0.3 is 4.42 Å². The van der Waals surface area contributed by atoms with E-state index >= 15 is 0 Å². The van der Waals surface area contributed by atoms with Gasteiger partial charge in [-0.05, 0) is 29.8 Å². The standard InChI is InChI=1S/C18H10BrN3O5/c19-11-1-3-13-10(5-17(23)27-16(13)6-11)8-21-9-20-15-4-2-12(22(25)26)7-14(15)18(21)24/h1-7,9H,8H2. The third-order valence-electron chi connectivity index (χ3n) is 4.15. The normalized spacial score (nSPS) is 11.1. The highest BCUT2D eigenvalue weighted by atomic mass is 79.9. The number of hydrogen-bond donors (Lipinski definition) is 0. The van der Waals surface area contributed by atoms with Crippen molar-refractivity contribution in [3.05, 3.63) is 89.7 Å². The van der Waals surface area contributed by atoms with E-state index in [9.17, 15) is 19.7 Å². The van der Waals surface area contributed by atoms with Crippen molar-refractivity contribution in [3.8, 4) is 0 Å². The zero-order chi connectivity index (χ0) is 19.1. The Morgan fingerprint density at radius 1 is 1.11 bits per heavy atom. The Morgan fingerprint density at radius 3 is 2.70 bits per heavy atom. The van der Waals surface area contributed by atoms with E-state index in [1.165, 1.54) is 35.2 Å². The van der Waals surface area contributed by atoms with Crippen molar-refractivity contribution in [2.45, 2.75) is 6.54 Å². The van der Waals surface area contributed by atoms with Gasteiger partial charge in [0.05, 0.1) is 28.7 Å². The molecule has 27 heavy (non-hydrogen) atoms. The fourth-order valence-electron chi connectivity index (χ4n) is 2.89. The number of nitro benzene ring substituents is 1. The molecule has 4 rings (SSSR count). The molecule has 0 aliphatic rings. The van der Waals surface area contributed by atoms with Gasteiger partial charge in [0.1, 0.15) is 5.58 Å². The van der Waals surface area contributed by atoms with Crippen LogP contribution in [0.1, 0.15) is 5.56 Å². The highest BCUT2D eigenvalue weighted by Crippen LogP contribution is 2.22. The average Bonchev–Trinajstić information content (AvgIpc) is 2.63. The van der Waals surface area contributed by atoms with Crippen LogP contribution in [0.4, 0.5) is 5.69 Å². The number of halogens is 1. The van der Waals surface area contributed by atoms with E-state index in [1.807, 2.05) is 0 Å². The zero-order valence-corrected chi connectivity index (χ0v) is 15.2. The van der Waals surface area contributed by atoms with E-state index in [4.69, 9.17) is 4.42 Å². The van der Waals surface area contributed by atoms with E-state index in [2.05, 4.69) is 20.9 Å². The van der Waals surface area contributed by atoms with Gasteiger partial charge in [-0.2, -0.15) is 0 Å². The van der Waals surface area contributed by atoms with Crippen molar-refractivity contribution in [1.82, 2.24) is 9.55 Å². The van der Waals surface area contributed by atoms with Crippen molar-refractivity contribution in [1.29, 1.82) is 0 Å². The maximum Gasteiger partial charge on any atom is 0.336 e. The smallest absolute Gasteiger partial charge is 0.336 e. The number of non-ortho nitro benzene ring substituents is 1. The Hall–Kier alpha value is -3.33. The summed E-state index contributed by atoms with van der Waals surface area (Å²) in [6.07, 6.45) is 1.36. The van der Waals surface area contributed by atoms with Gasteiger partial charge in [0.2, 0.25) is 0 Å². The van der Waals surface area contributed by atoms with Crippen LogP contribution in [0.3, 0.4) is 0 Å². The first kappa shape index (κ1) is 17.1. The highest BCUT2D eigenvalue weighted by Gasteiger charge is 2.13. The largest absolute Gasteiger partial charge is 0.423 e. The quantitative estimate of drug-likeness (QED) is 0.282. The summed E-state index contributed by atoms with van der Waals surface area (Å²) in [6.45, 7) is 0.0776. The Bertz CT molecular complexity index is 1340. The lowest BCUT2D eigenvalue weighted by Gasteiger charge is -2.09. The van der Waals surface area contributed by atoms with Crippen LogP contribution in [-0.4, -0.2) is 14.5 Å². The second-order valence-electron chi connectivity index (χ2n) is 5.87. The SMILES string of the molecule is O=c1cc(Cn2cnc3ccc([N+](=O)[O-])cc3c2=O)c2ccc(Br)cc2o1. The lowest BCUT2D eigenvalue weighted by atomic mass is 10.1. The van der Waals surface area contributed by atoms with E-state index in [-0.39, 0.29) is 17.6 Å². The molecule has 134 valence electrons. The summed E-state index contributed by atoms with van der Waals surface area (Å²) in [5.41, 5.74) is 0.194. The number of hydrogen-bond acceptors (Lipinski definition) is 6. The van der Waals surface area contributed by atoms with E-state index in [0.717, 1.165) is 4.47 Å². The third kappa shape index (κ3) is 3.13. The molecule has 0 bridgehead atoms. The number of aromatic nitrogens is 2. The molecule has 2 aromatic carbocycles. The van der Waals surface area contributed by atoms with E-state index in [1.54, 1.807) is 18.2 Å². The van der Waals surface area contributed by atoms with Crippen LogP contribution in [0, 0.1) is 10.1 Å². The Morgan fingerprint density at radius 2 is 1.93 bits per heavy atom. The van der Waals surface area contributed by atoms with Crippen molar-refractivity contribution in [2.24, 2.45) is 0 Å². The number of rotatable bonds is 3. The molecule has 0 aliphatic heterocycles. The molecule has 0 fully saturated rings. The maximum absolute atomic E-state index is 12.8. The molecule has 8 nitrogen and oxygen atoms in total. The summed E-state index contributed by atoms with van der Waals surface area (Å²) >= 11 is 3.32. The van der Waals surface area contributed by atoms with Crippen LogP contribution in [0.25, 0.3) is 21.9 Å². The third-order valence-corrected chi connectivity index (χ3v) is 4.64. The minimum Gasteiger partial charge on any atom is -0.423 e. The van der Waals surface area contributed by atoms with Crippen LogP contribution in [-0.2, 0) is 6.54 Å². The molecule has 2 aromatic heterocycles. The van der Waals surface area contributed by atoms with Gasteiger partial charge in [0.15, 0.2) is 0 Å². The molecule has 0 aliphatic carbocycles. The van der Waals surface area contributed by atoms with Crippen molar-refractivity contribution < 1.29 is 9.34 Å². The van der Waals surface area contributed by atoms with E-state index in [0.29, 0.717) is 22.0 Å². The summed E-state index contributed by atoms with van der Waals surface area (Å²) in [5, 5.41) is 11.8. The fraction of sp³-hybridized carbons (Fsp3) is 0.0556. The molecule has 0 atom stereocenters. The van der Waals surface area contributed by atoms with Gasteiger partial charge in [0, 0.05) is 28.1 Å². The van der Waals surface area contributed by atoms with Crippen LogP contribution >= 0.6 is 15.9 Å². The molecule has 0 N–H and O–H groups in total. The van der Waals surface area contributed by atoms with Crippen LogP contribution < -0.4 is 11.2 Å². The van der Waals surface area contributed by atoms with Crippen LogP contribution in [0.15, 0.2) is 67.3 Å². The van der Waals surface area contributed by atoms with Crippen molar-refractivity contribution in [3.63, 3.8) is 0 Å². The summed E-state index contributed by atoms with van der Waals surface area (Å²) in [6, 6.07) is 10.5. The molecule has 0 spiro atoms. The van der Waals surface area contributed by atoms with Crippen LogP contribution in [0.5, 0.6) is 0 Å². The van der Waals surface area contributed by atoms with Crippen molar-refractivity contribution in [2.75, 3.05) is 0 Å². The first-order chi connectivity index (χ1) is 12.9. The van der Waals surface area contributed by atoms with Crippen molar-refractivity contribution >= 4 is 43.5 Å². The number of nitrogens with zero attached hydrogens (tertiary/aromatic N) is 3.